The Morgan fingerprint density at radius 3 is 2.50 bits per heavy atom. The number of nitrogens with zero attached hydrogens (tertiary/aromatic N) is 1. The molecule has 2 aliphatic rings. The molecule has 0 aromatic heterocycles. The molecule has 7 nitrogen and oxygen atoms in total. The monoisotopic (exact) mass is 578 g/mol. The third kappa shape index (κ3) is 6.20. The van der Waals surface area contributed by atoms with E-state index in [-0.39, 0.29) is 48.5 Å². The van der Waals surface area contributed by atoms with Crippen molar-refractivity contribution in [2.45, 2.75) is 51.2 Å². The lowest BCUT2D eigenvalue weighted by Crippen LogP contribution is -2.34. The lowest BCUT2D eigenvalue weighted by atomic mass is 9.98. The average Bonchev–Trinajstić information content (AvgIpc) is 3.27. The Balaban J connectivity index is 0.00000200. The molecule has 206 valence electrons. The third-order valence-electron chi connectivity index (χ3n) is 7.19. The van der Waals surface area contributed by atoms with Gasteiger partial charge < -0.3 is 15.8 Å². The van der Waals surface area contributed by atoms with E-state index >= 15 is 0 Å². The maximum absolute atomic E-state index is 13.6. The number of rotatable bonds is 8. The Bertz CT molecular complexity index is 1390. The standard InChI is InChI=1S/C28H34N4O3S.2ClH/c1-2-3-14-36(33,34)32-26-9-8-25(35-24-10-12-31-13-11-24)17-23(26)18-27(32)20-6-4-19-5-7-21(28(29)30)16-22(19)15-20;;/h4-9,15-17,24,27,31H,2-3,10-14,18H2,1H3,(H3,29,30);2*1H. The van der Waals surface area contributed by atoms with Gasteiger partial charge in [-0.3, -0.25) is 9.71 Å². The first kappa shape index (κ1) is 30.0. The summed E-state index contributed by atoms with van der Waals surface area (Å²) in [6.07, 6.45) is 4.14. The molecule has 0 bridgehead atoms. The molecular weight excluding hydrogens is 543 g/mol. The number of piperidine rings is 1. The van der Waals surface area contributed by atoms with Gasteiger partial charge in [0, 0.05) is 12.0 Å². The topological polar surface area (TPSA) is 109 Å². The number of hydrogen-bond acceptors (Lipinski definition) is 5. The predicted molar refractivity (Wildman–Crippen MR) is 160 cm³/mol. The largest absolute Gasteiger partial charge is 0.490 e. The summed E-state index contributed by atoms with van der Waals surface area (Å²) >= 11 is 0. The molecule has 2 heterocycles. The second kappa shape index (κ2) is 12.6. The van der Waals surface area contributed by atoms with E-state index < -0.39 is 10.0 Å². The SMILES string of the molecule is CCCCS(=O)(=O)N1c2ccc(OC3CCNCC3)cc2CC1c1ccc2ccc(C(=N)N)cc2c1.Cl.Cl. The van der Waals surface area contributed by atoms with Gasteiger partial charge in [-0.2, -0.15) is 0 Å². The van der Waals surface area contributed by atoms with E-state index in [4.69, 9.17) is 15.9 Å². The zero-order valence-electron chi connectivity index (χ0n) is 21.5. The van der Waals surface area contributed by atoms with Crippen LogP contribution in [0.15, 0.2) is 54.6 Å². The maximum atomic E-state index is 13.6. The predicted octanol–water partition coefficient (Wildman–Crippen LogP) is 5.33. The quantitative estimate of drug-likeness (QED) is 0.247. The summed E-state index contributed by atoms with van der Waals surface area (Å²) in [5, 5.41) is 13.1. The van der Waals surface area contributed by atoms with E-state index in [0.717, 1.165) is 65.7 Å². The van der Waals surface area contributed by atoms with Crippen LogP contribution in [0.5, 0.6) is 5.75 Å². The van der Waals surface area contributed by atoms with Gasteiger partial charge in [0.05, 0.1) is 17.5 Å². The van der Waals surface area contributed by atoms with Gasteiger partial charge in [0.15, 0.2) is 0 Å². The van der Waals surface area contributed by atoms with Crippen LogP contribution in [0.25, 0.3) is 10.8 Å². The van der Waals surface area contributed by atoms with Gasteiger partial charge >= 0.3 is 0 Å². The number of halogens is 2. The van der Waals surface area contributed by atoms with Crippen LogP contribution in [0, 0.1) is 5.41 Å². The minimum absolute atomic E-state index is 0. The normalized spacial score (nSPS) is 17.4. The summed E-state index contributed by atoms with van der Waals surface area (Å²) in [5.74, 6) is 0.937. The van der Waals surface area contributed by atoms with Gasteiger partial charge in [0.2, 0.25) is 10.0 Å². The summed E-state index contributed by atoms with van der Waals surface area (Å²) in [4.78, 5) is 0. The molecule has 0 spiro atoms. The molecule has 1 unspecified atom stereocenters. The van der Waals surface area contributed by atoms with E-state index in [0.29, 0.717) is 18.4 Å². The fraction of sp³-hybridized carbons (Fsp3) is 0.393. The number of sulfonamides is 1. The number of fused-ring (bicyclic) bond motifs is 2. The second-order valence-corrected chi connectivity index (χ2v) is 11.7. The summed E-state index contributed by atoms with van der Waals surface area (Å²) in [5.41, 5.74) is 9.03. The van der Waals surface area contributed by atoms with Crippen LogP contribution >= 0.6 is 24.8 Å². The molecule has 2 aliphatic heterocycles. The lowest BCUT2D eigenvalue weighted by Gasteiger charge is -2.28. The summed E-state index contributed by atoms with van der Waals surface area (Å²) in [7, 11) is -3.52. The summed E-state index contributed by atoms with van der Waals surface area (Å²) in [6.45, 7) is 3.91. The van der Waals surface area contributed by atoms with Crippen LogP contribution < -0.4 is 20.1 Å². The first-order valence-electron chi connectivity index (χ1n) is 12.8. The Kier molecular flexibility index (Phi) is 9.92. The van der Waals surface area contributed by atoms with Crippen molar-refractivity contribution in [3.05, 3.63) is 71.3 Å². The minimum Gasteiger partial charge on any atom is -0.490 e. The number of ether oxygens (including phenoxy) is 1. The molecule has 3 aromatic rings. The van der Waals surface area contributed by atoms with Crippen LogP contribution in [-0.4, -0.2) is 39.2 Å². The summed E-state index contributed by atoms with van der Waals surface area (Å²) < 4.78 is 35.1. The summed E-state index contributed by atoms with van der Waals surface area (Å²) in [6, 6.07) is 17.2. The number of nitrogens with one attached hydrogen (secondary N) is 2. The van der Waals surface area contributed by atoms with Gasteiger partial charge in [-0.15, -0.1) is 24.8 Å². The van der Waals surface area contributed by atoms with E-state index in [1.807, 2.05) is 61.5 Å². The number of benzene rings is 3. The fourth-order valence-corrected chi connectivity index (χ4v) is 7.15. The van der Waals surface area contributed by atoms with Crippen LogP contribution in [-0.2, 0) is 16.4 Å². The van der Waals surface area contributed by atoms with Crippen molar-refractivity contribution in [1.29, 1.82) is 5.41 Å². The number of nitrogens with two attached hydrogens (primary N) is 1. The number of nitrogen functional groups attached to an aromatic ring is 1. The Hall–Kier alpha value is -2.52. The van der Waals surface area contributed by atoms with Crippen molar-refractivity contribution in [3.8, 4) is 5.75 Å². The van der Waals surface area contributed by atoms with Crippen molar-refractivity contribution < 1.29 is 13.2 Å². The van der Waals surface area contributed by atoms with Crippen LogP contribution in [0.1, 0.15) is 55.3 Å². The number of unbranched alkanes of at least 4 members (excludes halogenated alkanes) is 1. The Labute approximate surface area is 237 Å². The van der Waals surface area contributed by atoms with E-state index in [1.54, 1.807) is 4.31 Å². The highest BCUT2D eigenvalue weighted by Crippen LogP contribution is 2.44. The molecule has 0 aliphatic carbocycles. The lowest BCUT2D eigenvalue weighted by molar-refractivity contribution is 0.162. The molecule has 10 heteroatoms. The van der Waals surface area contributed by atoms with Crippen molar-refractivity contribution in [3.63, 3.8) is 0 Å². The van der Waals surface area contributed by atoms with Crippen molar-refractivity contribution >= 4 is 57.1 Å². The molecule has 38 heavy (non-hydrogen) atoms. The molecule has 3 aromatic carbocycles. The van der Waals surface area contributed by atoms with Gasteiger partial charge in [0.1, 0.15) is 17.7 Å². The molecule has 1 atom stereocenters. The number of anilines is 1. The van der Waals surface area contributed by atoms with Crippen molar-refractivity contribution in [2.75, 3.05) is 23.1 Å². The second-order valence-electron chi connectivity index (χ2n) is 9.78. The highest BCUT2D eigenvalue weighted by molar-refractivity contribution is 7.92. The first-order chi connectivity index (χ1) is 17.4. The average molecular weight is 580 g/mol. The van der Waals surface area contributed by atoms with Crippen molar-refractivity contribution in [1.82, 2.24) is 5.32 Å². The maximum Gasteiger partial charge on any atom is 0.235 e. The molecule has 0 radical (unpaired) electrons. The van der Waals surface area contributed by atoms with E-state index in [9.17, 15) is 8.42 Å². The van der Waals surface area contributed by atoms with Gasteiger partial charge in [-0.25, -0.2) is 8.42 Å². The fourth-order valence-electron chi connectivity index (χ4n) is 5.24. The Morgan fingerprint density at radius 1 is 1.05 bits per heavy atom. The molecule has 0 amide bonds. The van der Waals surface area contributed by atoms with Gasteiger partial charge in [-0.1, -0.05) is 37.6 Å². The van der Waals surface area contributed by atoms with Crippen molar-refractivity contribution in [2.24, 2.45) is 5.73 Å². The van der Waals surface area contributed by atoms with Gasteiger partial charge in [0.25, 0.3) is 0 Å². The van der Waals surface area contributed by atoms with Crippen LogP contribution in [0.3, 0.4) is 0 Å². The zero-order valence-corrected chi connectivity index (χ0v) is 23.9. The van der Waals surface area contributed by atoms with Crippen LogP contribution in [0.2, 0.25) is 0 Å². The van der Waals surface area contributed by atoms with Crippen LogP contribution in [0.4, 0.5) is 5.69 Å². The van der Waals surface area contributed by atoms with E-state index in [1.165, 1.54) is 0 Å². The zero-order chi connectivity index (χ0) is 25.3. The third-order valence-corrected chi connectivity index (χ3v) is 9.04. The molecular formula is C28H36Cl2N4O3S. The minimum atomic E-state index is -3.52. The molecule has 1 saturated heterocycles. The molecule has 4 N–H and O–H groups in total. The number of hydrogen-bond donors (Lipinski definition) is 3. The molecule has 1 fully saturated rings. The highest BCUT2D eigenvalue weighted by Gasteiger charge is 2.38. The first-order valence-corrected chi connectivity index (χ1v) is 14.4. The molecule has 0 saturated carbocycles. The highest BCUT2D eigenvalue weighted by atomic mass is 35.5. The molecule has 5 rings (SSSR count). The smallest absolute Gasteiger partial charge is 0.235 e. The van der Waals surface area contributed by atoms with Gasteiger partial charge in [-0.05, 0) is 84.6 Å². The Morgan fingerprint density at radius 2 is 1.79 bits per heavy atom. The van der Waals surface area contributed by atoms with E-state index in [2.05, 4.69) is 5.32 Å². The number of amidine groups is 1.